The molecule has 0 radical (unpaired) electrons. The number of amides is 1. The maximum Gasteiger partial charge on any atom is 0.272 e. The van der Waals surface area contributed by atoms with Gasteiger partial charge in [0.2, 0.25) is 0 Å². The first-order valence-electron chi connectivity index (χ1n) is 6.83. The van der Waals surface area contributed by atoms with Gasteiger partial charge in [0, 0.05) is 0 Å². The molecular weight excluding hydrogens is 294 g/mol. The van der Waals surface area contributed by atoms with Crippen molar-refractivity contribution in [1.29, 1.82) is 5.26 Å². The molecule has 2 heterocycles. The molecule has 0 atom stereocenters. The molecule has 1 aromatic carbocycles. The van der Waals surface area contributed by atoms with Crippen molar-refractivity contribution in [2.75, 3.05) is 12.3 Å². The molecule has 3 rings (SSSR count). The molecule has 0 saturated heterocycles. The molecular formula is C15H13N7O. The van der Waals surface area contributed by atoms with Gasteiger partial charge in [-0.1, -0.05) is 6.07 Å². The molecule has 4 N–H and O–H groups in total. The zero-order chi connectivity index (χ0) is 16.4. The Balaban J connectivity index is 2.03. The van der Waals surface area contributed by atoms with Crippen LogP contribution in [-0.4, -0.2) is 32.4 Å². The van der Waals surface area contributed by atoms with E-state index in [2.05, 4.69) is 25.3 Å². The van der Waals surface area contributed by atoms with Gasteiger partial charge in [0.15, 0.2) is 11.6 Å². The van der Waals surface area contributed by atoms with Crippen LogP contribution in [0.15, 0.2) is 24.4 Å². The molecule has 0 unspecified atom stereocenters. The minimum atomic E-state index is -0.493. The maximum atomic E-state index is 11.9. The molecule has 0 spiro atoms. The van der Waals surface area contributed by atoms with Gasteiger partial charge in [0.05, 0.1) is 23.3 Å². The number of nitrogen functional groups attached to an aromatic ring is 1. The van der Waals surface area contributed by atoms with E-state index in [4.69, 9.17) is 11.0 Å². The number of imidazole rings is 1. The number of nitrogens with one attached hydrogen (secondary N) is 2. The summed E-state index contributed by atoms with van der Waals surface area (Å²) in [5.41, 5.74) is 8.93. The first-order chi connectivity index (χ1) is 11.1. The summed E-state index contributed by atoms with van der Waals surface area (Å²) in [6.45, 7) is 1.87. The van der Waals surface area contributed by atoms with Crippen molar-refractivity contribution in [2.45, 2.75) is 6.92 Å². The van der Waals surface area contributed by atoms with Gasteiger partial charge in [0.1, 0.15) is 17.9 Å². The second-order valence-corrected chi connectivity index (χ2v) is 4.94. The topological polar surface area (TPSA) is 133 Å². The van der Waals surface area contributed by atoms with Crippen LogP contribution in [0, 0.1) is 18.3 Å². The normalized spacial score (nSPS) is 10.4. The molecule has 8 heteroatoms. The lowest BCUT2D eigenvalue weighted by molar-refractivity contribution is 0.0953. The summed E-state index contributed by atoms with van der Waals surface area (Å²) in [7, 11) is 0. The van der Waals surface area contributed by atoms with Crippen molar-refractivity contribution in [3.05, 3.63) is 35.7 Å². The van der Waals surface area contributed by atoms with Crippen LogP contribution in [-0.2, 0) is 0 Å². The lowest BCUT2D eigenvalue weighted by atomic mass is 10.2. The lowest BCUT2D eigenvalue weighted by Gasteiger charge is -2.04. The Morgan fingerprint density at radius 3 is 3.04 bits per heavy atom. The average molecular weight is 307 g/mol. The Morgan fingerprint density at radius 1 is 1.43 bits per heavy atom. The van der Waals surface area contributed by atoms with Crippen molar-refractivity contribution in [1.82, 2.24) is 25.3 Å². The number of aryl methyl sites for hydroxylation is 1. The van der Waals surface area contributed by atoms with E-state index in [1.54, 1.807) is 0 Å². The highest BCUT2D eigenvalue weighted by Gasteiger charge is 2.15. The van der Waals surface area contributed by atoms with E-state index in [-0.39, 0.29) is 18.1 Å². The number of nitriles is 1. The standard InChI is InChI=1S/C15H13N7O/c1-8-2-3-9-10(6-8)22-14(21-9)12-13(17)19-7-11(20-12)15(23)18-5-4-16/h2-3,6-7H,5H2,1H3,(H2,17,19)(H,18,23)(H,21,22). The minimum absolute atomic E-state index is 0.0705. The van der Waals surface area contributed by atoms with Gasteiger partial charge in [-0.25, -0.2) is 15.0 Å². The van der Waals surface area contributed by atoms with Gasteiger partial charge in [-0.3, -0.25) is 4.79 Å². The van der Waals surface area contributed by atoms with Gasteiger partial charge < -0.3 is 16.0 Å². The number of H-pyrrole nitrogens is 1. The van der Waals surface area contributed by atoms with Crippen LogP contribution in [0.3, 0.4) is 0 Å². The van der Waals surface area contributed by atoms with E-state index in [9.17, 15) is 4.79 Å². The third-order valence-electron chi connectivity index (χ3n) is 3.22. The summed E-state index contributed by atoms with van der Waals surface area (Å²) in [5.74, 6) is 0.107. The zero-order valence-corrected chi connectivity index (χ0v) is 12.3. The van der Waals surface area contributed by atoms with Gasteiger partial charge in [-0.2, -0.15) is 5.26 Å². The summed E-state index contributed by atoms with van der Waals surface area (Å²) >= 11 is 0. The fourth-order valence-corrected chi connectivity index (χ4v) is 2.13. The van der Waals surface area contributed by atoms with Crippen LogP contribution in [0.4, 0.5) is 5.82 Å². The number of fused-ring (bicyclic) bond motifs is 1. The number of rotatable bonds is 3. The van der Waals surface area contributed by atoms with Crippen molar-refractivity contribution in [3.8, 4) is 17.6 Å². The highest BCUT2D eigenvalue weighted by atomic mass is 16.1. The van der Waals surface area contributed by atoms with Gasteiger partial charge >= 0.3 is 0 Å². The van der Waals surface area contributed by atoms with Crippen LogP contribution in [0.5, 0.6) is 0 Å². The zero-order valence-electron chi connectivity index (χ0n) is 12.3. The van der Waals surface area contributed by atoms with Crippen molar-refractivity contribution < 1.29 is 4.79 Å². The summed E-state index contributed by atoms with van der Waals surface area (Å²) in [6.07, 6.45) is 1.26. The predicted octanol–water partition coefficient (Wildman–Crippen LogP) is 1.16. The van der Waals surface area contributed by atoms with Crippen molar-refractivity contribution >= 4 is 22.8 Å². The smallest absolute Gasteiger partial charge is 0.272 e. The van der Waals surface area contributed by atoms with Crippen LogP contribution >= 0.6 is 0 Å². The van der Waals surface area contributed by atoms with E-state index in [1.807, 2.05) is 31.2 Å². The molecule has 0 saturated carbocycles. The number of carbonyl (C=O) groups excluding carboxylic acids is 1. The monoisotopic (exact) mass is 307 g/mol. The van der Waals surface area contributed by atoms with Crippen LogP contribution < -0.4 is 11.1 Å². The van der Waals surface area contributed by atoms with E-state index in [0.29, 0.717) is 11.5 Å². The quantitative estimate of drug-likeness (QED) is 0.622. The number of hydrogen-bond acceptors (Lipinski definition) is 6. The largest absolute Gasteiger partial charge is 0.382 e. The molecule has 0 fully saturated rings. The SMILES string of the molecule is Cc1ccc2nc(-c3nc(C(=O)NCC#N)cnc3N)[nH]c2c1. The highest BCUT2D eigenvalue weighted by Crippen LogP contribution is 2.23. The number of benzene rings is 1. The molecule has 0 aliphatic rings. The Labute approximate surface area is 131 Å². The fraction of sp³-hybridized carbons (Fsp3) is 0.133. The molecule has 114 valence electrons. The number of nitrogens with two attached hydrogens (primary N) is 1. The van der Waals surface area contributed by atoms with Crippen molar-refractivity contribution in [3.63, 3.8) is 0 Å². The van der Waals surface area contributed by atoms with E-state index in [1.165, 1.54) is 6.20 Å². The summed E-state index contributed by atoms with van der Waals surface area (Å²) in [4.78, 5) is 27.6. The van der Waals surface area contributed by atoms with Crippen LogP contribution in [0.2, 0.25) is 0 Å². The second-order valence-electron chi connectivity index (χ2n) is 4.94. The second kappa shape index (κ2) is 5.73. The maximum absolute atomic E-state index is 11.9. The van der Waals surface area contributed by atoms with Gasteiger partial charge in [-0.05, 0) is 24.6 Å². The van der Waals surface area contributed by atoms with E-state index in [0.717, 1.165) is 16.6 Å². The Bertz CT molecular complexity index is 939. The van der Waals surface area contributed by atoms with Crippen molar-refractivity contribution in [2.24, 2.45) is 0 Å². The van der Waals surface area contributed by atoms with Crippen LogP contribution in [0.1, 0.15) is 16.1 Å². The highest BCUT2D eigenvalue weighted by molar-refractivity contribution is 5.93. The molecule has 0 bridgehead atoms. The van der Waals surface area contributed by atoms with E-state index >= 15 is 0 Å². The number of aromatic amines is 1. The first-order valence-corrected chi connectivity index (χ1v) is 6.83. The fourth-order valence-electron chi connectivity index (χ4n) is 2.13. The lowest BCUT2D eigenvalue weighted by Crippen LogP contribution is -2.25. The number of hydrogen-bond donors (Lipinski definition) is 3. The van der Waals surface area contributed by atoms with Gasteiger partial charge in [0.25, 0.3) is 5.91 Å². The van der Waals surface area contributed by atoms with E-state index < -0.39 is 5.91 Å². The van der Waals surface area contributed by atoms with Crippen LogP contribution in [0.25, 0.3) is 22.6 Å². The number of aromatic nitrogens is 4. The molecule has 0 aliphatic heterocycles. The Hall–Kier alpha value is -3.47. The average Bonchev–Trinajstić information content (AvgIpc) is 2.95. The third-order valence-corrected chi connectivity index (χ3v) is 3.22. The Morgan fingerprint density at radius 2 is 2.26 bits per heavy atom. The first kappa shape index (κ1) is 14.5. The molecule has 23 heavy (non-hydrogen) atoms. The van der Waals surface area contributed by atoms with Gasteiger partial charge in [-0.15, -0.1) is 0 Å². The minimum Gasteiger partial charge on any atom is -0.382 e. The molecule has 8 nitrogen and oxygen atoms in total. The number of carbonyl (C=O) groups is 1. The Kier molecular flexibility index (Phi) is 3.60. The summed E-state index contributed by atoms with van der Waals surface area (Å²) in [6, 6.07) is 7.62. The summed E-state index contributed by atoms with van der Waals surface area (Å²) < 4.78 is 0. The summed E-state index contributed by atoms with van der Waals surface area (Å²) in [5, 5.41) is 10.9. The molecule has 1 amide bonds. The number of anilines is 1. The third kappa shape index (κ3) is 2.80. The number of nitrogens with zero attached hydrogens (tertiary/aromatic N) is 4. The molecule has 3 aromatic rings. The predicted molar refractivity (Wildman–Crippen MR) is 84.2 cm³/mol. The molecule has 0 aliphatic carbocycles. The molecule has 2 aromatic heterocycles.